The van der Waals surface area contributed by atoms with Crippen molar-refractivity contribution >= 4 is 5.97 Å². The molecule has 18 heavy (non-hydrogen) atoms. The Kier molecular flexibility index (Phi) is 0.238. The second kappa shape index (κ2) is 0.601. The van der Waals surface area contributed by atoms with Crippen molar-refractivity contribution in [3.05, 3.63) is 0 Å². The molecule has 10 aliphatic rings. The van der Waals surface area contributed by atoms with Crippen molar-refractivity contribution in [1.29, 1.82) is 0 Å². The van der Waals surface area contributed by atoms with Gasteiger partial charge in [-0.25, -0.2) is 0 Å². The van der Waals surface area contributed by atoms with E-state index in [2.05, 4.69) is 6.92 Å². The first-order valence-corrected chi connectivity index (χ1v) is 14.2. The normalized spacial score (nSPS) is 113. The van der Waals surface area contributed by atoms with Crippen LogP contribution in [-0.4, -0.2) is 12.6 Å². The third-order valence-corrected chi connectivity index (χ3v) is 58.0. The molecule has 10 fully saturated rings. The van der Waals surface area contributed by atoms with E-state index < -0.39 is 6.51 Å². The molecule has 0 N–H and O–H groups in total. The van der Waals surface area contributed by atoms with Crippen LogP contribution >= 0.6 is 0 Å². The van der Waals surface area contributed by atoms with Crippen LogP contribution in [0.4, 0.5) is 0 Å². The van der Waals surface area contributed by atoms with Crippen LogP contribution in [0.3, 0.4) is 0 Å². The van der Waals surface area contributed by atoms with Gasteiger partial charge >= 0.3 is 96.0 Å². The van der Waals surface area contributed by atoms with Crippen molar-refractivity contribution < 1.29 is 16.0 Å². The molecule has 0 radical (unpaired) electrons. The van der Waals surface area contributed by atoms with Crippen molar-refractivity contribution in [1.82, 2.24) is 0 Å². The van der Waals surface area contributed by atoms with Gasteiger partial charge in [0.15, 0.2) is 0 Å². The molecule has 1 spiro atoms. The van der Waals surface area contributed by atoms with E-state index in [9.17, 15) is 4.79 Å². The van der Waals surface area contributed by atoms with Crippen molar-refractivity contribution in [2.75, 3.05) is 6.61 Å². The summed E-state index contributed by atoms with van der Waals surface area (Å²) in [5.74, 6) is 0.377. The van der Waals surface area contributed by atoms with Crippen LogP contribution in [0.15, 0.2) is 0 Å². The summed E-state index contributed by atoms with van der Waals surface area (Å²) < 4.78 is 6.14. The first-order chi connectivity index (χ1) is 8.53. The number of hydrogen-bond acceptors (Lipinski definition) is 2. The zero-order valence-electron chi connectivity index (χ0n) is 10.5. The van der Waals surface area contributed by atoms with Gasteiger partial charge in [0, 0.05) is 0 Å². The van der Waals surface area contributed by atoms with Gasteiger partial charge in [-0.2, -0.15) is 0 Å². The molecule has 0 saturated carbocycles. The van der Waals surface area contributed by atoms with Gasteiger partial charge in [0.2, 0.25) is 0 Å². The van der Waals surface area contributed by atoms with Crippen molar-refractivity contribution in [2.24, 2.45) is 0 Å². The summed E-state index contributed by atoms with van der Waals surface area (Å²) in [6, 6.07) is 0. The molecular weight excluding hydrogens is 268 g/mol. The number of rotatable bonds is 4. The Morgan fingerprint density at radius 2 is 1.61 bits per heavy atom. The molecule has 10 rings (SSSR count). The number of hydrogen-bond donors (Lipinski definition) is 0. The maximum atomic E-state index is 12.9. The molecule has 4 unspecified atom stereocenters. The summed E-state index contributed by atoms with van der Waals surface area (Å²) in [6.07, 6.45) is 2.22. The summed E-state index contributed by atoms with van der Waals surface area (Å²) >= 11 is 0. The van der Waals surface area contributed by atoms with Gasteiger partial charge in [-0.15, -0.1) is 0 Å². The quantitative estimate of drug-likeness (QED) is 0.442. The number of unbranched alkanes of at least 4 members (excludes halogenated alkanes) is 1. The predicted octanol–water partition coefficient (Wildman–Crippen LogP) is 4.09. The molecule has 10 saturated heterocycles. The number of carbonyl (C=O) groups is 1. The predicted molar refractivity (Wildman–Crippen MR) is 62.3 cm³/mol. The van der Waals surface area contributed by atoms with Crippen molar-refractivity contribution in [3.8, 4) is 0 Å². The number of ether oxygens (including phenoxy) is 1. The zero-order chi connectivity index (χ0) is 11.4. The Labute approximate surface area is 96.1 Å². The second-order valence-electron chi connectivity index (χ2n) is 11.2. The Bertz CT molecular complexity index is 911. The van der Waals surface area contributed by atoms with Crippen molar-refractivity contribution in [3.63, 3.8) is 0 Å². The van der Waals surface area contributed by atoms with Gasteiger partial charge < -0.3 is 0 Å². The number of esters is 1. The first-order valence-electron chi connectivity index (χ1n) is 7.91. The molecule has 0 aliphatic carbocycles. The monoisotopic (exact) mass is 286 g/mol. The Hall–Kier alpha value is -0.0105. The summed E-state index contributed by atoms with van der Waals surface area (Å²) in [5.41, 5.74) is 0. The molecule has 0 aromatic carbocycles. The van der Waals surface area contributed by atoms with Crippen LogP contribution in [0.2, 0.25) is 47.7 Å². The summed E-state index contributed by atoms with van der Waals surface area (Å²) in [5, 5.41) is 0. The van der Waals surface area contributed by atoms with Crippen LogP contribution in [0.25, 0.3) is 0 Å². The van der Waals surface area contributed by atoms with Crippen LogP contribution in [-0.2, 0) is 16.0 Å². The zero-order valence-corrected chi connectivity index (χ0v) is 11.6. The summed E-state index contributed by atoms with van der Waals surface area (Å²) in [6.45, 7) is -0.270. The molecular formula is C15H18FeO2. The molecule has 3 heteroatoms. The van der Waals surface area contributed by atoms with Gasteiger partial charge in [-0.1, -0.05) is 0 Å². The van der Waals surface area contributed by atoms with Crippen LogP contribution < -0.4 is 0 Å². The molecule has 0 amide bonds. The van der Waals surface area contributed by atoms with Gasteiger partial charge in [-0.05, 0) is 0 Å². The van der Waals surface area contributed by atoms with E-state index >= 15 is 0 Å². The van der Waals surface area contributed by atoms with Gasteiger partial charge in [0.05, 0.1) is 0 Å². The molecule has 2 nitrogen and oxygen atoms in total. The van der Waals surface area contributed by atoms with Gasteiger partial charge in [0.1, 0.15) is 0 Å². The molecule has 0 aromatic heterocycles. The van der Waals surface area contributed by atoms with E-state index in [4.69, 9.17) is 4.74 Å². The fourth-order valence-electron chi connectivity index (χ4n) is 17.2. The number of fused-ring (bicyclic) bond motifs is 10. The summed E-state index contributed by atoms with van der Waals surface area (Å²) in [4.78, 5) is 23.8. The second-order valence-corrected chi connectivity index (χ2v) is 34.7. The Balaban J connectivity index is 1.34. The van der Waals surface area contributed by atoms with Crippen LogP contribution in [0, 0.1) is 0 Å². The van der Waals surface area contributed by atoms with Crippen LogP contribution in [0.5, 0.6) is 0 Å². The Morgan fingerprint density at radius 1 is 1.06 bits per heavy atom. The molecule has 4 atom stereocenters. The topological polar surface area (TPSA) is 26.3 Å². The SMILES string of the molecule is CCCCOC(=O)[C]12[CH]3[CH]4[CH]5[CH]1[Fe]45321678[CH]2[CH]1[CH]6[CH]7[CH]28. The average Bonchev–Trinajstić information content (AvgIpc) is 3.31. The third kappa shape index (κ3) is 0.0716. The number of carbonyl (C=O) groups excluding carboxylic acids is 1. The summed E-state index contributed by atoms with van der Waals surface area (Å²) in [7, 11) is 0. The fourth-order valence-corrected chi connectivity index (χ4v) is 90.7. The minimum absolute atomic E-state index is 0.340. The van der Waals surface area contributed by atoms with E-state index in [-0.39, 0.29) is 0 Å². The Morgan fingerprint density at radius 3 is 1.94 bits per heavy atom. The van der Waals surface area contributed by atoms with E-state index in [0.717, 1.165) is 22.5 Å². The fraction of sp³-hybridized carbons (Fsp3) is 0.933. The minimum atomic E-state index is -3.17. The molecule has 10 aliphatic heterocycles. The van der Waals surface area contributed by atoms with E-state index in [0.29, 0.717) is 16.9 Å². The molecule has 10 heterocycles. The standard InChI is InChI=1S/C10H13O2.C5H5.Fe/c1-2-3-8-12-10(11)9-6-4-5-7-9;1-2-4-5-3-1;/h4-7H,2-3,8H2,1H3;1-5H;. The molecule has 98 valence electrons. The first kappa shape index (κ1) is 7.13. The third-order valence-electron chi connectivity index (χ3n) is 15.7. The van der Waals surface area contributed by atoms with Gasteiger partial charge in [0.25, 0.3) is 0 Å². The average molecular weight is 286 g/mol. The van der Waals surface area contributed by atoms with E-state index in [1.165, 1.54) is 33.7 Å². The van der Waals surface area contributed by atoms with Crippen molar-refractivity contribution in [2.45, 2.75) is 67.4 Å². The van der Waals surface area contributed by atoms with E-state index in [1.807, 2.05) is 0 Å². The maximum absolute atomic E-state index is 12.9. The molecule has 0 bridgehead atoms. The van der Waals surface area contributed by atoms with Crippen LogP contribution in [0.1, 0.15) is 19.8 Å². The molecule has 0 aromatic rings. The van der Waals surface area contributed by atoms with E-state index in [1.54, 1.807) is 0 Å². The van der Waals surface area contributed by atoms with Gasteiger partial charge in [-0.3, -0.25) is 0 Å².